The largest absolute Gasteiger partial charge is 0.427 e. The molecule has 0 unspecified atom stereocenters. The van der Waals surface area contributed by atoms with E-state index in [9.17, 15) is 9.59 Å². The van der Waals surface area contributed by atoms with Crippen LogP contribution in [0.3, 0.4) is 0 Å². The maximum absolute atomic E-state index is 12.3. The number of nitrogens with zero attached hydrogens (tertiary/aromatic N) is 2. The van der Waals surface area contributed by atoms with Gasteiger partial charge < -0.3 is 15.1 Å². The zero-order valence-corrected chi connectivity index (χ0v) is 13.3. The number of amides is 1. The molecule has 1 saturated heterocycles. The molecular formula is C16H20N4O3. The third kappa shape index (κ3) is 3.34. The van der Waals surface area contributed by atoms with Gasteiger partial charge in [-0.2, -0.15) is 5.10 Å². The van der Waals surface area contributed by atoms with Crippen molar-refractivity contribution < 1.29 is 9.21 Å². The van der Waals surface area contributed by atoms with Crippen molar-refractivity contribution in [2.75, 3.05) is 18.4 Å². The Morgan fingerprint density at radius 3 is 2.78 bits per heavy atom. The molecule has 1 aliphatic heterocycles. The average molecular weight is 316 g/mol. The Bertz CT molecular complexity index is 772. The van der Waals surface area contributed by atoms with E-state index in [0.29, 0.717) is 17.0 Å². The van der Waals surface area contributed by atoms with E-state index in [4.69, 9.17) is 4.42 Å². The van der Waals surface area contributed by atoms with Crippen molar-refractivity contribution in [1.82, 2.24) is 15.1 Å². The molecule has 1 amide bonds. The van der Waals surface area contributed by atoms with Crippen molar-refractivity contribution in [1.29, 1.82) is 0 Å². The minimum absolute atomic E-state index is 0.0477. The number of anilines is 1. The van der Waals surface area contributed by atoms with Gasteiger partial charge in [-0.3, -0.25) is 9.48 Å². The molecule has 7 heteroatoms. The normalized spacial score (nSPS) is 15.6. The Morgan fingerprint density at radius 1 is 1.43 bits per heavy atom. The summed E-state index contributed by atoms with van der Waals surface area (Å²) in [5.74, 6) is 0.436. The summed E-state index contributed by atoms with van der Waals surface area (Å²) in [5, 5.41) is 9.93. The summed E-state index contributed by atoms with van der Waals surface area (Å²) in [7, 11) is 1.75. The highest BCUT2D eigenvalue weighted by atomic mass is 16.4. The molecule has 0 saturated carbocycles. The minimum atomic E-state index is -0.583. The Balaban J connectivity index is 1.84. The summed E-state index contributed by atoms with van der Waals surface area (Å²) in [6.45, 7) is 3.59. The maximum atomic E-state index is 12.3. The molecule has 3 heterocycles. The molecule has 0 spiro atoms. The van der Waals surface area contributed by atoms with E-state index in [2.05, 4.69) is 15.7 Å². The highest BCUT2D eigenvalue weighted by Gasteiger charge is 2.22. The zero-order valence-electron chi connectivity index (χ0n) is 13.3. The third-order valence-corrected chi connectivity index (χ3v) is 4.10. The van der Waals surface area contributed by atoms with Crippen LogP contribution in [0.15, 0.2) is 27.7 Å². The molecule has 0 atom stereocenters. The summed E-state index contributed by atoms with van der Waals surface area (Å²) in [5.41, 5.74) is 0.640. The topological polar surface area (TPSA) is 89.2 Å². The lowest BCUT2D eigenvalue weighted by Crippen LogP contribution is -2.28. The quantitative estimate of drug-likeness (QED) is 0.893. The van der Waals surface area contributed by atoms with E-state index in [0.717, 1.165) is 25.9 Å². The number of hydrogen-bond acceptors (Lipinski definition) is 5. The maximum Gasteiger partial charge on any atom is 0.349 e. The molecule has 0 bridgehead atoms. The molecule has 2 aromatic heterocycles. The van der Waals surface area contributed by atoms with Crippen molar-refractivity contribution in [3.63, 3.8) is 0 Å². The van der Waals surface area contributed by atoms with Crippen LogP contribution in [0.5, 0.6) is 0 Å². The van der Waals surface area contributed by atoms with Crippen LogP contribution in [-0.4, -0.2) is 28.8 Å². The number of rotatable bonds is 3. The van der Waals surface area contributed by atoms with Crippen LogP contribution in [0.2, 0.25) is 0 Å². The predicted molar refractivity (Wildman–Crippen MR) is 85.7 cm³/mol. The van der Waals surface area contributed by atoms with Crippen molar-refractivity contribution in [2.24, 2.45) is 7.05 Å². The monoisotopic (exact) mass is 316 g/mol. The SMILES string of the molecule is Cc1cc(C2CCNCC2)oc(=O)c1C(=O)Nc1cnn(C)c1. The smallest absolute Gasteiger partial charge is 0.349 e. The third-order valence-electron chi connectivity index (χ3n) is 4.10. The van der Waals surface area contributed by atoms with E-state index in [-0.39, 0.29) is 11.5 Å². The number of carbonyl (C=O) groups excluding carboxylic acids is 1. The number of piperidine rings is 1. The van der Waals surface area contributed by atoms with Gasteiger partial charge in [-0.1, -0.05) is 0 Å². The number of hydrogen-bond donors (Lipinski definition) is 2. The first-order valence-electron chi connectivity index (χ1n) is 7.70. The Labute approximate surface area is 133 Å². The van der Waals surface area contributed by atoms with Gasteiger partial charge in [0.15, 0.2) is 0 Å². The van der Waals surface area contributed by atoms with E-state index < -0.39 is 11.5 Å². The fraction of sp³-hybridized carbons (Fsp3) is 0.438. The van der Waals surface area contributed by atoms with E-state index in [1.807, 2.05) is 6.07 Å². The van der Waals surface area contributed by atoms with Gasteiger partial charge in [-0.05, 0) is 44.5 Å². The zero-order chi connectivity index (χ0) is 16.4. The highest BCUT2D eigenvalue weighted by molar-refractivity contribution is 6.04. The minimum Gasteiger partial charge on any atom is -0.427 e. The lowest BCUT2D eigenvalue weighted by molar-refractivity contribution is 0.102. The Hall–Kier alpha value is -2.41. The van der Waals surface area contributed by atoms with Gasteiger partial charge in [0.05, 0.1) is 11.9 Å². The lowest BCUT2D eigenvalue weighted by Gasteiger charge is -2.21. The molecule has 0 radical (unpaired) electrons. The summed E-state index contributed by atoms with van der Waals surface area (Å²) < 4.78 is 7.00. The van der Waals surface area contributed by atoms with Gasteiger partial charge in [0.25, 0.3) is 5.91 Å². The predicted octanol–water partition coefficient (Wildman–Crippen LogP) is 1.40. The lowest BCUT2D eigenvalue weighted by atomic mass is 9.94. The average Bonchev–Trinajstić information content (AvgIpc) is 2.92. The molecule has 0 aliphatic carbocycles. The van der Waals surface area contributed by atoms with E-state index in [1.54, 1.807) is 24.9 Å². The molecule has 1 fully saturated rings. The number of nitrogens with one attached hydrogen (secondary N) is 2. The van der Waals surface area contributed by atoms with Gasteiger partial charge in [0.1, 0.15) is 11.3 Å². The van der Waals surface area contributed by atoms with Crippen LogP contribution in [0.1, 0.15) is 40.4 Å². The van der Waals surface area contributed by atoms with Crippen LogP contribution in [0, 0.1) is 6.92 Å². The van der Waals surface area contributed by atoms with Crippen molar-refractivity contribution in [2.45, 2.75) is 25.7 Å². The standard InChI is InChI=1S/C16H20N4O3/c1-10-7-13(11-3-5-17-6-4-11)23-16(22)14(10)15(21)19-12-8-18-20(2)9-12/h7-9,11,17H,3-6H2,1-2H3,(H,19,21). The number of aromatic nitrogens is 2. The summed E-state index contributed by atoms with van der Waals surface area (Å²) in [4.78, 5) is 24.6. The first-order valence-corrected chi connectivity index (χ1v) is 7.70. The molecule has 23 heavy (non-hydrogen) atoms. The van der Waals surface area contributed by atoms with Gasteiger partial charge >= 0.3 is 5.63 Å². The number of carbonyl (C=O) groups is 1. The van der Waals surface area contributed by atoms with Gasteiger partial charge in [-0.15, -0.1) is 0 Å². The van der Waals surface area contributed by atoms with Gasteiger partial charge in [0, 0.05) is 19.2 Å². The van der Waals surface area contributed by atoms with Crippen molar-refractivity contribution in [3.8, 4) is 0 Å². The second-order valence-corrected chi connectivity index (χ2v) is 5.88. The first-order chi connectivity index (χ1) is 11.0. The highest BCUT2D eigenvalue weighted by Crippen LogP contribution is 2.25. The first kappa shape index (κ1) is 15.5. The van der Waals surface area contributed by atoms with Crippen molar-refractivity contribution in [3.05, 3.63) is 45.8 Å². The molecule has 1 aliphatic rings. The van der Waals surface area contributed by atoms with Gasteiger partial charge in [-0.25, -0.2) is 4.79 Å². The molecule has 122 valence electrons. The Morgan fingerprint density at radius 2 is 2.17 bits per heavy atom. The number of aryl methyl sites for hydroxylation is 2. The summed E-state index contributed by atoms with van der Waals surface area (Å²) in [6, 6.07) is 1.82. The van der Waals surface area contributed by atoms with Crippen LogP contribution in [-0.2, 0) is 7.05 Å². The molecule has 7 nitrogen and oxygen atoms in total. The molecule has 3 rings (SSSR count). The van der Waals surface area contributed by atoms with Gasteiger partial charge in [0.2, 0.25) is 0 Å². The molecule has 2 N–H and O–H groups in total. The fourth-order valence-corrected chi connectivity index (χ4v) is 2.89. The summed E-state index contributed by atoms with van der Waals surface area (Å²) >= 11 is 0. The summed E-state index contributed by atoms with van der Waals surface area (Å²) in [6.07, 6.45) is 5.06. The van der Waals surface area contributed by atoms with E-state index in [1.165, 1.54) is 6.20 Å². The second-order valence-electron chi connectivity index (χ2n) is 5.88. The molecular weight excluding hydrogens is 296 g/mol. The van der Waals surface area contributed by atoms with Crippen molar-refractivity contribution >= 4 is 11.6 Å². The van der Waals surface area contributed by atoms with E-state index >= 15 is 0 Å². The van der Waals surface area contributed by atoms with Crippen LogP contribution >= 0.6 is 0 Å². The van der Waals surface area contributed by atoms with Crippen LogP contribution in [0.4, 0.5) is 5.69 Å². The fourth-order valence-electron chi connectivity index (χ4n) is 2.89. The molecule has 0 aromatic carbocycles. The molecule has 2 aromatic rings. The Kier molecular flexibility index (Phi) is 4.29. The van der Waals surface area contributed by atoms with Crippen LogP contribution in [0.25, 0.3) is 0 Å². The van der Waals surface area contributed by atoms with Crippen LogP contribution < -0.4 is 16.3 Å². The second kappa shape index (κ2) is 6.37.